The van der Waals surface area contributed by atoms with Crippen molar-refractivity contribution in [2.45, 2.75) is 26.3 Å². The van der Waals surface area contributed by atoms with E-state index in [1.165, 1.54) is 0 Å². The Kier molecular flexibility index (Phi) is 4.05. The summed E-state index contributed by atoms with van der Waals surface area (Å²) in [5.74, 6) is -0.747. The van der Waals surface area contributed by atoms with Gasteiger partial charge < -0.3 is 10.4 Å². The van der Waals surface area contributed by atoms with Gasteiger partial charge in [0, 0.05) is 6.04 Å². The molecular weight excluding hydrogens is 118 g/mol. The molecule has 0 rings (SSSR count). The maximum Gasteiger partial charge on any atom is 0.304 e. The normalized spacial score (nSPS) is 13.1. The average Bonchev–Trinajstić information content (AvgIpc) is 1.63. The Morgan fingerprint density at radius 3 is 2.67 bits per heavy atom. The fraction of sp³-hybridized carbons (Fsp3) is 0.833. The largest absolute Gasteiger partial charge is 0.481 e. The zero-order valence-electron chi connectivity index (χ0n) is 5.85. The van der Waals surface area contributed by atoms with E-state index in [0.717, 1.165) is 6.54 Å². The zero-order valence-corrected chi connectivity index (χ0v) is 5.85. The van der Waals surface area contributed by atoms with Crippen molar-refractivity contribution in [2.24, 2.45) is 0 Å². The highest BCUT2D eigenvalue weighted by molar-refractivity contribution is 5.67. The molecule has 0 radical (unpaired) electrons. The minimum Gasteiger partial charge on any atom is -0.481 e. The first-order valence-electron chi connectivity index (χ1n) is 3.12. The summed E-state index contributed by atoms with van der Waals surface area (Å²) < 4.78 is 0. The van der Waals surface area contributed by atoms with E-state index in [1.54, 1.807) is 0 Å². The van der Waals surface area contributed by atoms with E-state index >= 15 is 0 Å². The molecule has 2 N–H and O–H groups in total. The zero-order chi connectivity index (χ0) is 7.28. The number of aliphatic carboxylic acids is 1. The van der Waals surface area contributed by atoms with E-state index in [-0.39, 0.29) is 12.5 Å². The Balaban J connectivity index is 3.26. The second-order valence-electron chi connectivity index (χ2n) is 2.06. The smallest absolute Gasteiger partial charge is 0.304 e. The summed E-state index contributed by atoms with van der Waals surface area (Å²) >= 11 is 0. The molecule has 0 bridgehead atoms. The van der Waals surface area contributed by atoms with Crippen LogP contribution < -0.4 is 5.32 Å². The van der Waals surface area contributed by atoms with Crippen molar-refractivity contribution in [3.63, 3.8) is 0 Å². The Labute approximate surface area is 55.1 Å². The van der Waals surface area contributed by atoms with E-state index < -0.39 is 5.97 Å². The summed E-state index contributed by atoms with van der Waals surface area (Å²) in [7, 11) is 0. The van der Waals surface area contributed by atoms with E-state index in [4.69, 9.17) is 5.11 Å². The highest BCUT2D eigenvalue weighted by Gasteiger charge is 2.03. The lowest BCUT2D eigenvalue weighted by Gasteiger charge is -2.07. The predicted molar refractivity (Wildman–Crippen MR) is 35.4 cm³/mol. The molecule has 0 aliphatic heterocycles. The Morgan fingerprint density at radius 2 is 2.33 bits per heavy atom. The van der Waals surface area contributed by atoms with Gasteiger partial charge in [0.15, 0.2) is 0 Å². The third-order valence-electron chi connectivity index (χ3n) is 1.03. The fourth-order valence-corrected chi connectivity index (χ4v) is 0.683. The molecule has 0 aromatic carbocycles. The van der Waals surface area contributed by atoms with Gasteiger partial charge in [0.2, 0.25) is 0 Å². The van der Waals surface area contributed by atoms with Crippen LogP contribution in [0.1, 0.15) is 20.3 Å². The molecular formula is C6H13NO2. The van der Waals surface area contributed by atoms with Crippen molar-refractivity contribution in [1.29, 1.82) is 0 Å². The number of nitrogens with one attached hydrogen (secondary N) is 1. The van der Waals surface area contributed by atoms with Crippen molar-refractivity contribution in [2.75, 3.05) is 6.54 Å². The summed E-state index contributed by atoms with van der Waals surface area (Å²) in [6.45, 7) is 4.64. The number of hydrogen-bond donors (Lipinski definition) is 2. The third kappa shape index (κ3) is 5.30. The fourth-order valence-electron chi connectivity index (χ4n) is 0.683. The Morgan fingerprint density at radius 1 is 1.78 bits per heavy atom. The summed E-state index contributed by atoms with van der Waals surface area (Å²) in [6, 6.07) is 0.0903. The number of carboxylic acid groups (broad SMARTS) is 1. The molecule has 3 heteroatoms. The lowest BCUT2D eigenvalue weighted by atomic mass is 10.2. The highest BCUT2D eigenvalue weighted by atomic mass is 16.4. The van der Waals surface area contributed by atoms with E-state index in [9.17, 15) is 4.79 Å². The molecule has 0 aromatic heterocycles. The van der Waals surface area contributed by atoms with Crippen molar-refractivity contribution < 1.29 is 9.90 Å². The first-order chi connectivity index (χ1) is 4.16. The molecule has 3 nitrogen and oxygen atoms in total. The predicted octanol–water partition coefficient (Wildman–Crippen LogP) is 0.459. The number of carbonyl (C=O) groups is 1. The van der Waals surface area contributed by atoms with Gasteiger partial charge in [0.05, 0.1) is 6.42 Å². The van der Waals surface area contributed by atoms with Crippen molar-refractivity contribution >= 4 is 5.97 Å². The van der Waals surface area contributed by atoms with Gasteiger partial charge in [-0.15, -0.1) is 0 Å². The standard InChI is InChI=1S/C6H13NO2/c1-3-7-5(2)4-6(8)9/h5,7H,3-4H2,1-2H3,(H,8,9)/t5-/m0/s1. The van der Waals surface area contributed by atoms with Crippen LogP contribution in [0.3, 0.4) is 0 Å². The molecule has 1 atom stereocenters. The van der Waals surface area contributed by atoms with Crippen LogP contribution in [0.15, 0.2) is 0 Å². The maximum atomic E-state index is 10.0. The molecule has 0 amide bonds. The molecule has 0 saturated carbocycles. The van der Waals surface area contributed by atoms with Crippen molar-refractivity contribution in [3.05, 3.63) is 0 Å². The van der Waals surface area contributed by atoms with Crippen LogP contribution in [-0.2, 0) is 4.79 Å². The number of carboxylic acids is 1. The Bertz CT molecular complexity index is 93.1. The molecule has 0 fully saturated rings. The minimum absolute atomic E-state index is 0.0903. The second-order valence-corrected chi connectivity index (χ2v) is 2.06. The molecule has 0 unspecified atom stereocenters. The van der Waals surface area contributed by atoms with Crippen LogP contribution in [0.25, 0.3) is 0 Å². The average molecular weight is 131 g/mol. The third-order valence-corrected chi connectivity index (χ3v) is 1.03. The summed E-state index contributed by atoms with van der Waals surface area (Å²) in [6.07, 6.45) is 0.202. The lowest BCUT2D eigenvalue weighted by Crippen LogP contribution is -2.27. The van der Waals surface area contributed by atoms with E-state index in [1.807, 2.05) is 13.8 Å². The molecule has 0 saturated heterocycles. The quantitative estimate of drug-likeness (QED) is 0.582. The maximum absolute atomic E-state index is 10.0. The van der Waals surface area contributed by atoms with Gasteiger partial charge in [-0.05, 0) is 13.5 Å². The molecule has 54 valence electrons. The molecule has 9 heavy (non-hydrogen) atoms. The topological polar surface area (TPSA) is 49.3 Å². The van der Waals surface area contributed by atoms with Crippen molar-refractivity contribution in [3.8, 4) is 0 Å². The molecule has 0 aromatic rings. The number of hydrogen-bond acceptors (Lipinski definition) is 2. The van der Waals surface area contributed by atoms with Gasteiger partial charge in [-0.25, -0.2) is 0 Å². The monoisotopic (exact) mass is 131 g/mol. The van der Waals surface area contributed by atoms with Gasteiger partial charge in [-0.3, -0.25) is 4.79 Å². The van der Waals surface area contributed by atoms with Crippen LogP contribution in [0, 0.1) is 0 Å². The van der Waals surface area contributed by atoms with Crippen molar-refractivity contribution in [1.82, 2.24) is 5.32 Å². The summed E-state index contributed by atoms with van der Waals surface area (Å²) in [5, 5.41) is 11.3. The molecule has 0 spiro atoms. The first kappa shape index (κ1) is 8.43. The number of rotatable bonds is 4. The van der Waals surface area contributed by atoms with Gasteiger partial charge >= 0.3 is 5.97 Å². The second kappa shape index (κ2) is 4.32. The van der Waals surface area contributed by atoms with Crippen LogP contribution in [0.4, 0.5) is 0 Å². The van der Waals surface area contributed by atoms with Gasteiger partial charge in [0.1, 0.15) is 0 Å². The minimum atomic E-state index is -0.747. The molecule has 0 aliphatic carbocycles. The molecule has 0 aliphatic rings. The van der Waals surface area contributed by atoms with E-state index in [2.05, 4.69) is 5.32 Å². The molecule has 0 heterocycles. The summed E-state index contributed by atoms with van der Waals surface area (Å²) in [5.41, 5.74) is 0. The van der Waals surface area contributed by atoms with Gasteiger partial charge in [-0.2, -0.15) is 0 Å². The SMILES string of the molecule is CCN[C@@H](C)CC(=O)O. The van der Waals surface area contributed by atoms with Crippen LogP contribution in [0.2, 0.25) is 0 Å². The van der Waals surface area contributed by atoms with Crippen LogP contribution >= 0.6 is 0 Å². The highest BCUT2D eigenvalue weighted by Crippen LogP contribution is 1.87. The summed E-state index contributed by atoms with van der Waals surface area (Å²) in [4.78, 5) is 10.0. The lowest BCUT2D eigenvalue weighted by molar-refractivity contribution is -0.137. The van der Waals surface area contributed by atoms with Gasteiger partial charge in [0.25, 0.3) is 0 Å². The van der Waals surface area contributed by atoms with Crippen LogP contribution in [-0.4, -0.2) is 23.7 Å². The Hall–Kier alpha value is -0.570. The van der Waals surface area contributed by atoms with E-state index in [0.29, 0.717) is 0 Å². The van der Waals surface area contributed by atoms with Crippen LogP contribution in [0.5, 0.6) is 0 Å². The first-order valence-corrected chi connectivity index (χ1v) is 3.12. The van der Waals surface area contributed by atoms with Gasteiger partial charge in [-0.1, -0.05) is 6.92 Å².